The highest BCUT2D eigenvalue weighted by atomic mass is 16.5. The smallest absolute Gasteiger partial charge is 0.408 e. The third-order valence-electron chi connectivity index (χ3n) is 4.02. The maximum absolute atomic E-state index is 12.7. The van der Waals surface area contributed by atoms with Crippen LogP contribution in [0.25, 0.3) is 0 Å². The van der Waals surface area contributed by atoms with Gasteiger partial charge in [-0.05, 0) is 23.3 Å². The van der Waals surface area contributed by atoms with Crippen molar-refractivity contribution in [3.63, 3.8) is 0 Å². The predicted molar refractivity (Wildman–Crippen MR) is 107 cm³/mol. The van der Waals surface area contributed by atoms with E-state index in [0.717, 1.165) is 11.1 Å². The van der Waals surface area contributed by atoms with E-state index in [2.05, 4.69) is 15.6 Å². The zero-order chi connectivity index (χ0) is 19.6. The van der Waals surface area contributed by atoms with Crippen LogP contribution >= 0.6 is 0 Å². The van der Waals surface area contributed by atoms with Gasteiger partial charge in [-0.25, -0.2) is 9.78 Å². The molecule has 3 rings (SSSR count). The molecule has 0 radical (unpaired) electrons. The molecular formula is C22H21N3O3. The van der Waals surface area contributed by atoms with Gasteiger partial charge in [-0.3, -0.25) is 4.79 Å². The van der Waals surface area contributed by atoms with E-state index in [4.69, 9.17) is 4.74 Å². The average molecular weight is 375 g/mol. The molecule has 28 heavy (non-hydrogen) atoms. The van der Waals surface area contributed by atoms with Crippen molar-refractivity contribution < 1.29 is 14.3 Å². The number of aromatic nitrogens is 1. The molecule has 2 N–H and O–H groups in total. The summed E-state index contributed by atoms with van der Waals surface area (Å²) in [4.78, 5) is 29.0. The first-order chi connectivity index (χ1) is 13.7. The molecule has 0 fully saturated rings. The molecule has 142 valence electrons. The summed E-state index contributed by atoms with van der Waals surface area (Å²) in [5.41, 5.74) is 1.79. The van der Waals surface area contributed by atoms with Crippen molar-refractivity contribution in [2.45, 2.75) is 19.1 Å². The molecule has 0 spiro atoms. The number of nitrogens with zero attached hydrogens (tertiary/aromatic N) is 1. The Balaban J connectivity index is 1.64. The van der Waals surface area contributed by atoms with Crippen LogP contribution in [0.3, 0.4) is 0 Å². The summed E-state index contributed by atoms with van der Waals surface area (Å²) in [5.74, 6) is 0.0595. The second-order valence-electron chi connectivity index (χ2n) is 6.15. The van der Waals surface area contributed by atoms with Crippen molar-refractivity contribution in [3.05, 3.63) is 96.2 Å². The summed E-state index contributed by atoms with van der Waals surface area (Å²) in [6, 6.07) is 23.2. The molecule has 6 nitrogen and oxygen atoms in total. The Morgan fingerprint density at radius 2 is 1.50 bits per heavy atom. The van der Waals surface area contributed by atoms with E-state index in [1.54, 1.807) is 24.4 Å². The monoisotopic (exact) mass is 375 g/mol. The zero-order valence-electron chi connectivity index (χ0n) is 15.2. The highest BCUT2D eigenvalue weighted by Crippen LogP contribution is 2.08. The van der Waals surface area contributed by atoms with E-state index in [0.29, 0.717) is 12.2 Å². The first kappa shape index (κ1) is 19.1. The number of carbonyl (C=O) groups is 2. The van der Waals surface area contributed by atoms with E-state index in [1.807, 2.05) is 60.7 Å². The number of carbonyl (C=O) groups excluding carboxylic acids is 2. The van der Waals surface area contributed by atoms with Crippen LogP contribution in [0.4, 0.5) is 10.6 Å². The summed E-state index contributed by atoms with van der Waals surface area (Å²) in [5, 5.41) is 5.38. The van der Waals surface area contributed by atoms with E-state index in [-0.39, 0.29) is 12.5 Å². The van der Waals surface area contributed by atoms with Crippen LogP contribution in [-0.4, -0.2) is 23.0 Å². The Morgan fingerprint density at radius 1 is 0.857 bits per heavy atom. The number of pyridine rings is 1. The van der Waals surface area contributed by atoms with Crippen LogP contribution in [0.5, 0.6) is 0 Å². The third-order valence-corrected chi connectivity index (χ3v) is 4.02. The molecule has 2 aromatic carbocycles. The Morgan fingerprint density at radius 3 is 2.14 bits per heavy atom. The fourth-order valence-electron chi connectivity index (χ4n) is 2.62. The number of alkyl carbamates (subject to hydrolysis) is 1. The summed E-state index contributed by atoms with van der Waals surface area (Å²) in [6.07, 6.45) is 1.27. The van der Waals surface area contributed by atoms with Crippen molar-refractivity contribution in [2.24, 2.45) is 0 Å². The lowest BCUT2D eigenvalue weighted by atomic mass is 10.1. The number of benzene rings is 2. The van der Waals surface area contributed by atoms with Crippen LogP contribution in [0.2, 0.25) is 0 Å². The Kier molecular flexibility index (Phi) is 6.73. The molecule has 2 amide bonds. The van der Waals surface area contributed by atoms with Gasteiger partial charge in [0.25, 0.3) is 0 Å². The topological polar surface area (TPSA) is 80.3 Å². The minimum atomic E-state index is -0.798. The first-order valence-electron chi connectivity index (χ1n) is 8.94. The van der Waals surface area contributed by atoms with Gasteiger partial charge in [0, 0.05) is 12.6 Å². The molecule has 1 aromatic heterocycles. The summed E-state index contributed by atoms with van der Waals surface area (Å²) < 4.78 is 5.25. The van der Waals surface area contributed by atoms with Gasteiger partial charge in [0.1, 0.15) is 18.5 Å². The minimum absolute atomic E-state index is 0.132. The summed E-state index contributed by atoms with van der Waals surface area (Å²) >= 11 is 0. The quantitative estimate of drug-likeness (QED) is 0.662. The molecule has 0 aliphatic carbocycles. The van der Waals surface area contributed by atoms with Crippen molar-refractivity contribution in [2.75, 3.05) is 5.32 Å². The van der Waals surface area contributed by atoms with Crippen molar-refractivity contribution in [1.29, 1.82) is 0 Å². The van der Waals surface area contributed by atoms with Gasteiger partial charge in [0.2, 0.25) is 5.91 Å². The van der Waals surface area contributed by atoms with Crippen molar-refractivity contribution >= 4 is 17.8 Å². The number of ether oxygens (including phenoxy) is 1. The van der Waals surface area contributed by atoms with E-state index in [9.17, 15) is 9.59 Å². The Hall–Kier alpha value is -3.67. The van der Waals surface area contributed by atoms with Crippen LogP contribution in [-0.2, 0) is 22.6 Å². The van der Waals surface area contributed by atoms with Gasteiger partial charge in [-0.1, -0.05) is 66.7 Å². The normalized spacial score (nSPS) is 11.3. The largest absolute Gasteiger partial charge is 0.445 e. The number of anilines is 1. The highest BCUT2D eigenvalue weighted by molar-refractivity contribution is 5.96. The van der Waals surface area contributed by atoms with Crippen molar-refractivity contribution in [3.8, 4) is 0 Å². The Bertz CT molecular complexity index is 887. The summed E-state index contributed by atoms with van der Waals surface area (Å²) in [7, 11) is 0. The molecular weight excluding hydrogens is 354 g/mol. The van der Waals surface area contributed by atoms with E-state index in [1.165, 1.54) is 0 Å². The molecule has 0 aliphatic heterocycles. The number of hydrogen-bond donors (Lipinski definition) is 2. The SMILES string of the molecule is O=C(N[C@@H](Cc1ccccc1)C(=O)Nc1ccccn1)OCc1ccccc1. The molecule has 1 atom stereocenters. The maximum Gasteiger partial charge on any atom is 0.408 e. The lowest BCUT2D eigenvalue weighted by molar-refractivity contribution is -0.118. The fraction of sp³-hybridized carbons (Fsp3) is 0.136. The lowest BCUT2D eigenvalue weighted by Crippen LogP contribution is -2.45. The van der Waals surface area contributed by atoms with Gasteiger partial charge >= 0.3 is 6.09 Å². The van der Waals surface area contributed by atoms with Crippen molar-refractivity contribution in [1.82, 2.24) is 10.3 Å². The van der Waals surface area contributed by atoms with Crippen LogP contribution in [0.15, 0.2) is 85.1 Å². The molecule has 0 aliphatic rings. The number of rotatable bonds is 7. The zero-order valence-corrected chi connectivity index (χ0v) is 15.2. The molecule has 1 heterocycles. The van der Waals surface area contributed by atoms with Gasteiger partial charge in [-0.15, -0.1) is 0 Å². The minimum Gasteiger partial charge on any atom is -0.445 e. The van der Waals surface area contributed by atoms with Gasteiger partial charge < -0.3 is 15.4 Å². The first-order valence-corrected chi connectivity index (χ1v) is 8.94. The number of hydrogen-bond acceptors (Lipinski definition) is 4. The second kappa shape index (κ2) is 9.87. The summed E-state index contributed by atoms with van der Waals surface area (Å²) in [6.45, 7) is 0.132. The van der Waals surface area contributed by atoms with Crippen LogP contribution in [0.1, 0.15) is 11.1 Å². The predicted octanol–water partition coefficient (Wildman–Crippen LogP) is 3.56. The van der Waals surface area contributed by atoms with Crippen LogP contribution in [0, 0.1) is 0 Å². The standard InChI is InChI=1S/C22H21N3O3/c26-21(25-20-13-7-8-14-23-20)19(15-17-9-3-1-4-10-17)24-22(27)28-16-18-11-5-2-6-12-18/h1-14,19H,15-16H2,(H,24,27)(H,23,25,26)/t19-/m0/s1. The third kappa shape index (κ3) is 5.95. The molecule has 0 unspecified atom stereocenters. The fourth-order valence-corrected chi connectivity index (χ4v) is 2.62. The lowest BCUT2D eigenvalue weighted by Gasteiger charge is -2.18. The van der Waals surface area contributed by atoms with Crippen LogP contribution < -0.4 is 10.6 Å². The Labute approximate surface area is 163 Å². The molecule has 6 heteroatoms. The molecule has 0 saturated heterocycles. The highest BCUT2D eigenvalue weighted by Gasteiger charge is 2.22. The molecule has 0 saturated carbocycles. The van der Waals surface area contributed by atoms with Gasteiger partial charge in [-0.2, -0.15) is 0 Å². The maximum atomic E-state index is 12.7. The van der Waals surface area contributed by atoms with E-state index < -0.39 is 12.1 Å². The number of amides is 2. The van der Waals surface area contributed by atoms with Gasteiger partial charge in [0.15, 0.2) is 0 Å². The molecule has 3 aromatic rings. The van der Waals surface area contributed by atoms with Gasteiger partial charge in [0.05, 0.1) is 0 Å². The second-order valence-corrected chi connectivity index (χ2v) is 6.15. The molecule has 0 bridgehead atoms. The number of nitrogens with one attached hydrogen (secondary N) is 2. The van der Waals surface area contributed by atoms with E-state index >= 15 is 0 Å². The average Bonchev–Trinajstić information content (AvgIpc) is 2.74.